The molecular formula is C25H25N9O2. The summed E-state index contributed by atoms with van der Waals surface area (Å²) in [7, 11) is 5.89. The van der Waals surface area contributed by atoms with Gasteiger partial charge in [0.1, 0.15) is 11.3 Å². The number of hydrogen-bond acceptors (Lipinski definition) is 8. The molecule has 182 valence electrons. The van der Waals surface area contributed by atoms with E-state index in [1.54, 1.807) is 41.4 Å². The minimum absolute atomic E-state index is 0.0212. The Kier molecular flexibility index (Phi) is 5.95. The van der Waals surface area contributed by atoms with Crippen LogP contribution in [-0.2, 0) is 7.05 Å². The molecule has 0 spiro atoms. The quantitative estimate of drug-likeness (QED) is 0.415. The molecule has 36 heavy (non-hydrogen) atoms. The van der Waals surface area contributed by atoms with Crippen LogP contribution in [0, 0.1) is 13.5 Å². The maximum atomic E-state index is 12.7. The highest BCUT2D eigenvalue weighted by molar-refractivity contribution is 5.95. The van der Waals surface area contributed by atoms with Crippen molar-refractivity contribution in [3.63, 3.8) is 0 Å². The summed E-state index contributed by atoms with van der Waals surface area (Å²) in [4.78, 5) is 37.6. The number of pyridine rings is 3. The smallest absolute Gasteiger partial charge is 0.269 e. The van der Waals surface area contributed by atoms with Gasteiger partial charge in [0.05, 0.1) is 17.6 Å². The fourth-order valence-electron chi connectivity index (χ4n) is 3.89. The van der Waals surface area contributed by atoms with Gasteiger partial charge in [0, 0.05) is 38.4 Å². The highest BCUT2D eigenvalue weighted by Crippen LogP contribution is 2.31. The maximum Gasteiger partial charge on any atom is 0.269 e. The van der Waals surface area contributed by atoms with Crippen LogP contribution >= 0.6 is 0 Å². The van der Waals surface area contributed by atoms with Crippen LogP contribution in [0.5, 0.6) is 11.6 Å². The second-order valence-corrected chi connectivity index (χ2v) is 8.94. The van der Waals surface area contributed by atoms with E-state index < -0.39 is 0 Å². The SMILES string of the molecule is [C-]#[N+]c1cc(C)c(Oc2cc(Nc3ccc(C(=O)N4CC(N(C)C)C4)cn3)c3ncn(C)c3n2)cn1. The molecule has 1 amide bonds. The lowest BCUT2D eigenvalue weighted by atomic mass is 10.1. The molecule has 1 saturated heterocycles. The highest BCUT2D eigenvalue weighted by Gasteiger charge is 2.32. The molecule has 1 N–H and O–H groups in total. The summed E-state index contributed by atoms with van der Waals surface area (Å²) in [5.74, 6) is 1.69. The van der Waals surface area contributed by atoms with Crippen LogP contribution in [0.25, 0.3) is 16.0 Å². The van der Waals surface area contributed by atoms with Crippen molar-refractivity contribution < 1.29 is 9.53 Å². The summed E-state index contributed by atoms with van der Waals surface area (Å²) in [6.07, 6.45) is 4.77. The van der Waals surface area contributed by atoms with Crippen molar-refractivity contribution in [1.29, 1.82) is 0 Å². The molecule has 11 nitrogen and oxygen atoms in total. The summed E-state index contributed by atoms with van der Waals surface area (Å²) in [6.45, 7) is 10.4. The topological polar surface area (TPSA) is 106 Å². The van der Waals surface area contributed by atoms with E-state index in [0.717, 1.165) is 18.7 Å². The van der Waals surface area contributed by atoms with Gasteiger partial charge in [-0.05, 0) is 44.8 Å². The molecule has 0 aromatic carbocycles. The number of carbonyl (C=O) groups excluding carboxylic acids is 1. The number of likely N-dealkylation sites (tertiary alicyclic amines) is 1. The zero-order valence-electron chi connectivity index (χ0n) is 20.4. The summed E-state index contributed by atoms with van der Waals surface area (Å²) in [5.41, 5.74) is 3.25. The van der Waals surface area contributed by atoms with Crippen molar-refractivity contribution in [2.45, 2.75) is 13.0 Å². The summed E-state index contributed by atoms with van der Waals surface area (Å²) in [5, 5.41) is 3.27. The molecule has 11 heteroatoms. The number of rotatable bonds is 6. The van der Waals surface area contributed by atoms with E-state index in [9.17, 15) is 4.79 Å². The minimum atomic E-state index is -0.0212. The first kappa shape index (κ1) is 23.2. The Hall–Kier alpha value is -4.56. The summed E-state index contributed by atoms with van der Waals surface area (Å²) < 4.78 is 7.80. The monoisotopic (exact) mass is 483 g/mol. The second-order valence-electron chi connectivity index (χ2n) is 8.94. The van der Waals surface area contributed by atoms with E-state index in [0.29, 0.717) is 51.7 Å². The third-order valence-corrected chi connectivity index (χ3v) is 6.18. The minimum Gasteiger partial charge on any atom is -0.435 e. The van der Waals surface area contributed by atoms with Crippen molar-refractivity contribution in [3.8, 4) is 11.6 Å². The van der Waals surface area contributed by atoms with E-state index in [1.807, 2.05) is 33.0 Å². The van der Waals surface area contributed by atoms with Gasteiger partial charge < -0.3 is 29.3 Å². The first-order chi connectivity index (χ1) is 17.3. The van der Waals surface area contributed by atoms with Crippen molar-refractivity contribution >= 4 is 34.4 Å². The van der Waals surface area contributed by atoms with E-state index in [2.05, 4.69) is 35.0 Å². The first-order valence-corrected chi connectivity index (χ1v) is 11.3. The van der Waals surface area contributed by atoms with Gasteiger partial charge in [-0.2, -0.15) is 4.98 Å². The Labute approximate surface area is 208 Å². The maximum absolute atomic E-state index is 12.7. The number of nitrogens with one attached hydrogen (secondary N) is 1. The number of hydrogen-bond donors (Lipinski definition) is 1. The third-order valence-electron chi connectivity index (χ3n) is 6.18. The molecule has 0 atom stereocenters. The van der Waals surface area contributed by atoms with Gasteiger partial charge >= 0.3 is 0 Å². The first-order valence-electron chi connectivity index (χ1n) is 11.3. The van der Waals surface area contributed by atoms with Gasteiger partial charge in [0.2, 0.25) is 5.88 Å². The number of carbonyl (C=O) groups is 1. The molecule has 5 rings (SSSR count). The van der Waals surface area contributed by atoms with Gasteiger partial charge in [-0.15, -0.1) is 4.98 Å². The van der Waals surface area contributed by atoms with Gasteiger partial charge in [-0.1, -0.05) is 6.57 Å². The lowest BCUT2D eigenvalue weighted by Crippen LogP contribution is -2.59. The number of likely N-dealkylation sites (N-methyl/N-ethyl adjacent to an activating group) is 1. The predicted octanol–water partition coefficient (Wildman–Crippen LogP) is 3.54. The fraction of sp³-hybridized carbons (Fsp3) is 0.280. The molecule has 0 aliphatic carbocycles. The highest BCUT2D eigenvalue weighted by atomic mass is 16.5. The molecule has 4 aromatic heterocycles. The Balaban J connectivity index is 1.37. The molecule has 0 unspecified atom stereocenters. The van der Waals surface area contributed by atoms with E-state index >= 15 is 0 Å². The summed E-state index contributed by atoms with van der Waals surface area (Å²) >= 11 is 0. The summed E-state index contributed by atoms with van der Waals surface area (Å²) in [6, 6.07) is 7.33. The van der Waals surface area contributed by atoms with Crippen molar-refractivity contribution in [2.24, 2.45) is 7.05 Å². The van der Waals surface area contributed by atoms with Gasteiger partial charge in [0.25, 0.3) is 11.7 Å². The van der Waals surface area contributed by atoms with Crippen LogP contribution < -0.4 is 10.1 Å². The van der Waals surface area contributed by atoms with Crippen LogP contribution in [0.4, 0.5) is 17.3 Å². The predicted molar refractivity (Wildman–Crippen MR) is 135 cm³/mol. The number of ether oxygens (including phenoxy) is 1. The zero-order valence-corrected chi connectivity index (χ0v) is 20.4. The lowest BCUT2D eigenvalue weighted by molar-refractivity contribution is 0.0399. The molecule has 0 saturated carbocycles. The lowest BCUT2D eigenvalue weighted by Gasteiger charge is -2.42. The van der Waals surface area contributed by atoms with E-state index in [-0.39, 0.29) is 5.91 Å². The molecule has 0 bridgehead atoms. The van der Waals surface area contributed by atoms with Crippen LogP contribution in [0.1, 0.15) is 15.9 Å². The van der Waals surface area contributed by atoms with Crippen LogP contribution in [-0.4, -0.2) is 73.4 Å². The number of amides is 1. The van der Waals surface area contributed by atoms with Gasteiger partial charge in [-0.25, -0.2) is 9.97 Å². The largest absolute Gasteiger partial charge is 0.435 e. The number of aromatic nitrogens is 5. The standard InChI is InChI=1S/C25H25N9O2/c1-15-8-21(26-2)28-11-19(15)36-22-9-18(23-24(31-22)33(5)14-29-23)30-20-7-6-16(10-27-20)25(35)34-12-17(13-34)32(3)4/h6-11,14,17H,12-13H2,1,3-5H3,(H,27,30,31). The molecule has 0 radical (unpaired) electrons. The number of nitrogens with zero attached hydrogens (tertiary/aromatic N) is 8. The van der Waals surface area contributed by atoms with E-state index in [4.69, 9.17) is 11.3 Å². The van der Waals surface area contributed by atoms with E-state index in [1.165, 1.54) is 6.20 Å². The second kappa shape index (κ2) is 9.24. The molecule has 1 fully saturated rings. The zero-order chi connectivity index (χ0) is 25.4. The number of imidazole rings is 1. The number of aryl methyl sites for hydroxylation is 2. The Morgan fingerprint density at radius 1 is 1.19 bits per heavy atom. The van der Waals surface area contributed by atoms with Crippen molar-refractivity contribution in [1.82, 2.24) is 34.3 Å². The molecule has 1 aliphatic rings. The van der Waals surface area contributed by atoms with Crippen LogP contribution in [0.2, 0.25) is 0 Å². The van der Waals surface area contributed by atoms with Gasteiger partial charge in [-0.3, -0.25) is 4.79 Å². The molecule has 5 heterocycles. The Morgan fingerprint density at radius 2 is 2.00 bits per heavy atom. The average molecular weight is 484 g/mol. The van der Waals surface area contributed by atoms with Crippen LogP contribution in [0.15, 0.2) is 43.0 Å². The molecule has 1 aliphatic heterocycles. The normalized spacial score (nSPS) is 13.5. The molecular weight excluding hydrogens is 458 g/mol. The third kappa shape index (κ3) is 4.42. The fourth-order valence-corrected chi connectivity index (χ4v) is 3.89. The Morgan fingerprint density at radius 3 is 2.67 bits per heavy atom. The average Bonchev–Trinajstić information content (AvgIpc) is 3.20. The Bertz CT molecular complexity index is 1480. The molecule has 4 aromatic rings. The number of fused-ring (bicyclic) bond motifs is 1. The van der Waals surface area contributed by atoms with Crippen molar-refractivity contribution in [2.75, 3.05) is 32.5 Å². The van der Waals surface area contributed by atoms with Crippen molar-refractivity contribution in [3.05, 3.63) is 65.5 Å². The van der Waals surface area contributed by atoms with Crippen LogP contribution in [0.3, 0.4) is 0 Å². The number of anilines is 2. The van der Waals surface area contributed by atoms with Gasteiger partial charge in [0.15, 0.2) is 17.6 Å².